The Balaban J connectivity index is 1.82. The molecule has 0 amide bonds. The number of para-hydroxylation sites is 3. The molecular weight excluding hydrogens is 352 g/mol. The quantitative estimate of drug-likeness (QED) is 0.233. The van der Waals surface area contributed by atoms with E-state index in [1.165, 1.54) is 24.3 Å². The van der Waals surface area contributed by atoms with Gasteiger partial charge in [0.05, 0.1) is 16.0 Å². The molecule has 3 aromatic rings. The van der Waals surface area contributed by atoms with Crippen LogP contribution >= 0.6 is 0 Å². The van der Waals surface area contributed by atoms with Crippen molar-refractivity contribution in [2.24, 2.45) is 0 Å². The van der Waals surface area contributed by atoms with Crippen LogP contribution in [-0.2, 0) is 4.74 Å². The number of nitriles is 1. The van der Waals surface area contributed by atoms with Crippen LogP contribution in [0.1, 0.15) is 16.2 Å². The van der Waals surface area contributed by atoms with Gasteiger partial charge in [0.15, 0.2) is 11.6 Å². The highest BCUT2D eigenvalue weighted by molar-refractivity contribution is 5.94. The van der Waals surface area contributed by atoms with Crippen LogP contribution in [0.15, 0.2) is 54.3 Å². The summed E-state index contributed by atoms with van der Waals surface area (Å²) in [4.78, 5) is 29.5. The largest absolute Gasteiger partial charge is 0.507 e. The highest BCUT2D eigenvalue weighted by Gasteiger charge is 2.21. The van der Waals surface area contributed by atoms with E-state index >= 15 is 0 Å². The minimum Gasteiger partial charge on any atom is -0.507 e. The van der Waals surface area contributed by atoms with Crippen LogP contribution in [0.5, 0.6) is 0 Å². The molecule has 0 radical (unpaired) electrons. The highest BCUT2D eigenvalue weighted by Crippen LogP contribution is 2.21. The maximum atomic E-state index is 12.1. The molecule has 134 valence electrons. The lowest BCUT2D eigenvalue weighted by atomic mass is 10.2. The molecule has 3 rings (SSSR count). The molecule has 1 aromatic heterocycles. The van der Waals surface area contributed by atoms with E-state index in [2.05, 4.69) is 9.97 Å². The van der Waals surface area contributed by atoms with Crippen LogP contribution in [0.4, 0.5) is 5.69 Å². The molecule has 0 aliphatic carbocycles. The zero-order valence-corrected chi connectivity index (χ0v) is 13.7. The Kier molecular flexibility index (Phi) is 4.81. The Hall–Kier alpha value is -4.19. The molecule has 0 atom stereocenters. The fourth-order valence-corrected chi connectivity index (χ4v) is 2.41. The van der Waals surface area contributed by atoms with Gasteiger partial charge in [-0.2, -0.15) is 5.26 Å². The number of hydrogen-bond acceptors (Lipinski definition) is 7. The second-order valence-corrected chi connectivity index (χ2v) is 5.39. The van der Waals surface area contributed by atoms with Crippen molar-refractivity contribution in [1.29, 1.82) is 5.26 Å². The molecule has 9 nitrogen and oxygen atoms in total. The van der Waals surface area contributed by atoms with Gasteiger partial charge in [-0.3, -0.25) is 10.1 Å². The number of ether oxygens (including phenoxy) is 1. The molecule has 0 fully saturated rings. The molecule has 2 N–H and O–H groups in total. The van der Waals surface area contributed by atoms with E-state index in [9.17, 15) is 25.3 Å². The number of allylic oxidation sites excluding steroid dienone is 1. The Morgan fingerprint density at radius 1 is 1.26 bits per heavy atom. The third-order valence-electron chi connectivity index (χ3n) is 3.69. The number of imidazole rings is 1. The first kappa shape index (κ1) is 17.6. The number of nitro benzene ring substituents is 1. The molecular formula is C18H12N4O5. The summed E-state index contributed by atoms with van der Waals surface area (Å²) in [5.41, 5.74) is 0.415. The summed E-state index contributed by atoms with van der Waals surface area (Å²) in [7, 11) is 0. The smallest absolute Gasteiger partial charge is 0.345 e. The van der Waals surface area contributed by atoms with Gasteiger partial charge < -0.3 is 14.8 Å². The van der Waals surface area contributed by atoms with Gasteiger partial charge >= 0.3 is 5.97 Å². The van der Waals surface area contributed by atoms with Crippen LogP contribution in [0.25, 0.3) is 16.6 Å². The number of aliphatic hydroxyl groups excluding tert-OH is 1. The second-order valence-electron chi connectivity index (χ2n) is 5.39. The molecule has 0 aliphatic rings. The van der Waals surface area contributed by atoms with Crippen LogP contribution < -0.4 is 0 Å². The van der Waals surface area contributed by atoms with Crippen molar-refractivity contribution in [1.82, 2.24) is 9.97 Å². The summed E-state index contributed by atoms with van der Waals surface area (Å²) in [6.45, 7) is -0.634. The Bertz CT molecular complexity index is 1080. The lowest BCUT2D eigenvalue weighted by molar-refractivity contribution is -0.385. The van der Waals surface area contributed by atoms with Crippen molar-refractivity contribution < 1.29 is 19.6 Å². The van der Waals surface area contributed by atoms with Crippen LogP contribution in [0.3, 0.4) is 0 Å². The summed E-state index contributed by atoms with van der Waals surface area (Å²) in [6, 6.07) is 14.1. The van der Waals surface area contributed by atoms with E-state index in [4.69, 9.17) is 4.74 Å². The van der Waals surface area contributed by atoms with E-state index in [0.717, 1.165) is 0 Å². The number of H-pyrrole nitrogens is 1. The molecule has 0 bridgehead atoms. The number of carbonyl (C=O) groups is 1. The summed E-state index contributed by atoms with van der Waals surface area (Å²) in [6.07, 6.45) is 0. The van der Waals surface area contributed by atoms with E-state index in [0.29, 0.717) is 11.0 Å². The van der Waals surface area contributed by atoms with E-state index in [-0.39, 0.29) is 17.0 Å². The average molecular weight is 364 g/mol. The van der Waals surface area contributed by atoms with Gasteiger partial charge in [-0.1, -0.05) is 24.3 Å². The van der Waals surface area contributed by atoms with E-state index in [1.54, 1.807) is 24.3 Å². The number of rotatable bonds is 5. The normalized spacial score (nSPS) is 11.5. The number of hydrogen-bond donors (Lipinski definition) is 2. The number of esters is 1. The molecule has 27 heavy (non-hydrogen) atoms. The highest BCUT2D eigenvalue weighted by atomic mass is 16.6. The molecule has 0 saturated carbocycles. The lowest BCUT2D eigenvalue weighted by Gasteiger charge is -2.06. The van der Waals surface area contributed by atoms with Gasteiger partial charge in [0.2, 0.25) is 0 Å². The average Bonchev–Trinajstić information content (AvgIpc) is 3.10. The number of nitro groups is 1. The predicted molar refractivity (Wildman–Crippen MR) is 94.6 cm³/mol. The Morgan fingerprint density at radius 3 is 2.67 bits per heavy atom. The summed E-state index contributed by atoms with van der Waals surface area (Å²) < 4.78 is 4.92. The van der Waals surface area contributed by atoms with Crippen molar-refractivity contribution in [3.63, 3.8) is 0 Å². The van der Waals surface area contributed by atoms with Crippen molar-refractivity contribution in [3.8, 4) is 6.07 Å². The van der Waals surface area contributed by atoms with Crippen molar-refractivity contribution >= 4 is 28.3 Å². The van der Waals surface area contributed by atoms with E-state index in [1.807, 2.05) is 6.07 Å². The maximum Gasteiger partial charge on any atom is 0.345 e. The molecule has 0 aliphatic heterocycles. The third kappa shape index (κ3) is 3.59. The number of nitrogens with one attached hydrogen (secondary N) is 1. The minimum atomic E-state index is -0.990. The van der Waals surface area contributed by atoms with Crippen LogP contribution in [0, 0.1) is 21.4 Å². The monoisotopic (exact) mass is 364 g/mol. The summed E-state index contributed by atoms with van der Waals surface area (Å²) >= 11 is 0. The van der Waals surface area contributed by atoms with Gasteiger partial charge in [0.25, 0.3) is 5.69 Å². The molecule has 0 spiro atoms. The number of aromatic amines is 1. The van der Waals surface area contributed by atoms with Gasteiger partial charge in [-0.25, -0.2) is 9.78 Å². The topological polar surface area (TPSA) is 142 Å². The third-order valence-corrected chi connectivity index (χ3v) is 3.69. The number of benzene rings is 2. The zero-order valence-electron chi connectivity index (χ0n) is 13.7. The van der Waals surface area contributed by atoms with E-state index < -0.39 is 28.9 Å². The Labute approximate surface area is 152 Å². The number of aromatic nitrogens is 2. The minimum absolute atomic E-state index is 0.123. The first-order valence-corrected chi connectivity index (χ1v) is 7.69. The van der Waals surface area contributed by atoms with Gasteiger partial charge in [-0.15, -0.1) is 0 Å². The zero-order chi connectivity index (χ0) is 19.4. The lowest BCUT2D eigenvalue weighted by Crippen LogP contribution is -2.11. The SMILES string of the molecule is N#C/C(=C(/O)COC(=O)c1ccccc1[N+](=O)[O-])c1nc2ccccc2[nH]1. The van der Waals surface area contributed by atoms with Crippen LogP contribution in [-0.4, -0.2) is 32.6 Å². The number of fused-ring (bicyclic) bond motifs is 1. The summed E-state index contributed by atoms with van der Waals surface area (Å²) in [5, 5.41) is 30.4. The van der Waals surface area contributed by atoms with Crippen LogP contribution in [0.2, 0.25) is 0 Å². The molecule has 1 heterocycles. The molecule has 9 heteroatoms. The number of nitrogens with zero attached hydrogens (tertiary/aromatic N) is 3. The van der Waals surface area contributed by atoms with Gasteiger partial charge in [-0.05, 0) is 18.2 Å². The molecule has 0 saturated heterocycles. The predicted octanol–water partition coefficient (Wildman–Crippen LogP) is 3.12. The van der Waals surface area contributed by atoms with Gasteiger partial charge in [0.1, 0.15) is 23.8 Å². The number of carbonyl (C=O) groups excluding carboxylic acids is 1. The first-order valence-electron chi connectivity index (χ1n) is 7.69. The molecule has 0 unspecified atom stereocenters. The van der Waals surface area contributed by atoms with Crippen molar-refractivity contribution in [3.05, 3.63) is 75.8 Å². The van der Waals surface area contributed by atoms with Crippen molar-refractivity contribution in [2.75, 3.05) is 6.61 Å². The first-order chi connectivity index (χ1) is 13.0. The molecule has 2 aromatic carbocycles. The van der Waals surface area contributed by atoms with Gasteiger partial charge in [0, 0.05) is 6.07 Å². The second kappa shape index (κ2) is 7.37. The standard InChI is InChI=1S/C18H12N4O5/c19-9-12(17-20-13-6-2-3-7-14(13)21-17)16(23)10-27-18(24)11-5-1-4-8-15(11)22(25)26/h1-8,23H,10H2,(H,20,21)/b16-12-. The maximum absolute atomic E-state index is 12.1. The fraction of sp³-hybridized carbons (Fsp3) is 0.0556. The summed E-state index contributed by atoms with van der Waals surface area (Å²) in [5.74, 6) is -1.39. The fourth-order valence-electron chi connectivity index (χ4n) is 2.41. The van der Waals surface area contributed by atoms with Crippen molar-refractivity contribution in [2.45, 2.75) is 0 Å². The Morgan fingerprint density at radius 2 is 1.96 bits per heavy atom. The number of aliphatic hydroxyl groups is 1.